The maximum absolute atomic E-state index is 14.0. The molecular formula is C33H33FN2O5. The van der Waals surface area contributed by atoms with Crippen molar-refractivity contribution >= 4 is 11.8 Å². The molecule has 0 heterocycles. The van der Waals surface area contributed by atoms with E-state index in [1.165, 1.54) is 24.1 Å². The first-order chi connectivity index (χ1) is 19.9. The molecule has 0 aliphatic carbocycles. The Morgan fingerprint density at radius 3 is 2.02 bits per heavy atom. The van der Waals surface area contributed by atoms with Crippen molar-refractivity contribution in [3.63, 3.8) is 0 Å². The number of ether oxygens (including phenoxy) is 3. The largest absolute Gasteiger partial charge is 0.497 e. The maximum Gasteiger partial charge on any atom is 0.247 e. The zero-order valence-corrected chi connectivity index (χ0v) is 23.3. The molecule has 7 nitrogen and oxygen atoms in total. The van der Waals surface area contributed by atoms with Crippen LogP contribution < -0.4 is 19.5 Å². The number of nitrogens with zero attached hydrogens (tertiary/aromatic N) is 1. The molecule has 4 aromatic carbocycles. The molecule has 0 aliphatic rings. The number of rotatable bonds is 12. The van der Waals surface area contributed by atoms with Gasteiger partial charge >= 0.3 is 0 Å². The summed E-state index contributed by atoms with van der Waals surface area (Å²) >= 11 is 0. The Morgan fingerprint density at radius 1 is 0.756 bits per heavy atom. The molecule has 0 radical (unpaired) electrons. The molecule has 0 saturated carbocycles. The van der Waals surface area contributed by atoms with Gasteiger partial charge in [0.25, 0.3) is 0 Å². The minimum atomic E-state index is -0.938. The number of nitrogens with one attached hydrogen (secondary N) is 1. The monoisotopic (exact) mass is 556 g/mol. The lowest BCUT2D eigenvalue weighted by Crippen LogP contribution is -2.43. The van der Waals surface area contributed by atoms with Crippen LogP contribution in [0.4, 0.5) is 4.39 Å². The van der Waals surface area contributed by atoms with Crippen molar-refractivity contribution in [3.8, 4) is 17.2 Å². The van der Waals surface area contributed by atoms with Crippen molar-refractivity contribution in [2.75, 3.05) is 21.3 Å². The number of carbonyl (C=O) groups excluding carboxylic acids is 2. The second kappa shape index (κ2) is 14.0. The van der Waals surface area contributed by atoms with Gasteiger partial charge in [-0.15, -0.1) is 0 Å². The van der Waals surface area contributed by atoms with Crippen LogP contribution >= 0.6 is 0 Å². The van der Waals surface area contributed by atoms with E-state index in [4.69, 9.17) is 14.2 Å². The van der Waals surface area contributed by atoms with Gasteiger partial charge in [0, 0.05) is 13.1 Å². The lowest BCUT2D eigenvalue weighted by atomic mass is 10.0. The molecule has 1 unspecified atom stereocenters. The van der Waals surface area contributed by atoms with Crippen LogP contribution in [0.15, 0.2) is 97.1 Å². The number of halogens is 1. The van der Waals surface area contributed by atoms with E-state index in [-0.39, 0.29) is 37.1 Å². The average Bonchev–Trinajstić information content (AvgIpc) is 3.01. The van der Waals surface area contributed by atoms with Crippen molar-refractivity contribution in [2.24, 2.45) is 0 Å². The zero-order valence-electron chi connectivity index (χ0n) is 23.3. The Hall–Kier alpha value is -4.85. The third-order valence-electron chi connectivity index (χ3n) is 6.69. The fraction of sp³-hybridized carbons (Fsp3) is 0.212. The highest BCUT2D eigenvalue weighted by Crippen LogP contribution is 2.29. The first-order valence-electron chi connectivity index (χ1n) is 13.1. The number of hydrogen-bond donors (Lipinski definition) is 1. The van der Waals surface area contributed by atoms with Gasteiger partial charge in [0.15, 0.2) is 11.5 Å². The fourth-order valence-electron chi connectivity index (χ4n) is 4.51. The van der Waals surface area contributed by atoms with Gasteiger partial charge in [-0.25, -0.2) is 4.39 Å². The second-order valence-electron chi connectivity index (χ2n) is 9.39. The van der Waals surface area contributed by atoms with Crippen LogP contribution in [0.5, 0.6) is 17.2 Å². The van der Waals surface area contributed by atoms with Crippen molar-refractivity contribution in [1.29, 1.82) is 0 Å². The van der Waals surface area contributed by atoms with Crippen LogP contribution in [0.3, 0.4) is 0 Å². The number of benzene rings is 4. The number of methoxy groups -OCH3 is 3. The molecule has 0 bridgehead atoms. The summed E-state index contributed by atoms with van der Waals surface area (Å²) in [4.78, 5) is 29.4. The van der Waals surface area contributed by atoms with Crippen LogP contribution in [-0.2, 0) is 29.1 Å². The van der Waals surface area contributed by atoms with E-state index in [1.807, 2.05) is 54.6 Å². The van der Waals surface area contributed by atoms with Crippen LogP contribution in [-0.4, -0.2) is 38.0 Å². The van der Waals surface area contributed by atoms with Gasteiger partial charge in [-0.05, 0) is 58.7 Å². The highest BCUT2D eigenvalue weighted by Gasteiger charge is 2.31. The molecule has 0 saturated heterocycles. The van der Waals surface area contributed by atoms with E-state index in [2.05, 4.69) is 5.32 Å². The molecule has 1 N–H and O–H groups in total. The normalized spacial score (nSPS) is 11.3. The fourth-order valence-corrected chi connectivity index (χ4v) is 4.51. The molecule has 0 spiro atoms. The average molecular weight is 557 g/mol. The van der Waals surface area contributed by atoms with Crippen molar-refractivity contribution in [3.05, 3.63) is 125 Å². The number of carbonyl (C=O) groups is 2. The van der Waals surface area contributed by atoms with Crippen LogP contribution in [0.2, 0.25) is 0 Å². The summed E-state index contributed by atoms with van der Waals surface area (Å²) in [5.74, 6) is 0.763. The number of hydrogen-bond acceptors (Lipinski definition) is 5. The smallest absolute Gasteiger partial charge is 0.247 e. The minimum Gasteiger partial charge on any atom is -0.497 e. The predicted molar refractivity (Wildman–Crippen MR) is 154 cm³/mol. The molecule has 1 atom stereocenters. The third kappa shape index (κ3) is 7.63. The summed E-state index contributed by atoms with van der Waals surface area (Å²) in [5.41, 5.74) is 2.92. The Labute approximate surface area is 239 Å². The van der Waals surface area contributed by atoms with Crippen LogP contribution in [0, 0.1) is 5.82 Å². The Morgan fingerprint density at radius 2 is 1.39 bits per heavy atom. The van der Waals surface area contributed by atoms with E-state index in [0.717, 1.165) is 5.56 Å². The van der Waals surface area contributed by atoms with Gasteiger partial charge < -0.3 is 24.4 Å². The molecule has 8 heteroatoms. The first kappa shape index (κ1) is 29.1. The van der Waals surface area contributed by atoms with E-state index >= 15 is 0 Å². The topological polar surface area (TPSA) is 77.1 Å². The van der Waals surface area contributed by atoms with Crippen molar-refractivity contribution in [1.82, 2.24) is 10.2 Å². The van der Waals surface area contributed by atoms with E-state index in [1.54, 1.807) is 44.6 Å². The minimum absolute atomic E-state index is 0.0106. The molecular weight excluding hydrogens is 523 g/mol. The quantitative estimate of drug-likeness (QED) is 0.250. The SMILES string of the molecule is COc1ccc(CNC(=O)C(c2ccccc2)N(Cc2ccc(F)cc2)C(=O)Cc2ccc(OC)c(OC)c2)cc1. The van der Waals surface area contributed by atoms with Crippen LogP contribution in [0.25, 0.3) is 0 Å². The molecule has 0 fully saturated rings. The molecule has 41 heavy (non-hydrogen) atoms. The van der Waals surface area contributed by atoms with Gasteiger partial charge in [0.2, 0.25) is 11.8 Å². The lowest BCUT2D eigenvalue weighted by molar-refractivity contribution is -0.141. The van der Waals surface area contributed by atoms with Crippen LogP contribution in [0.1, 0.15) is 28.3 Å². The first-order valence-corrected chi connectivity index (χ1v) is 13.1. The maximum atomic E-state index is 14.0. The standard InChI is InChI=1S/C33H33FN2O5/c1-39-28-16-11-23(12-17-28)21-35-33(38)32(26-7-5-4-6-8-26)36(22-24-9-14-27(34)15-10-24)31(37)20-25-13-18-29(40-2)30(19-25)41-3/h4-19,32H,20-22H2,1-3H3,(H,35,38). The Kier molecular flexibility index (Phi) is 9.94. The van der Waals surface area contributed by atoms with E-state index < -0.39 is 6.04 Å². The molecule has 4 aromatic rings. The van der Waals surface area contributed by atoms with Crippen molar-refractivity contribution < 1.29 is 28.2 Å². The summed E-state index contributed by atoms with van der Waals surface area (Å²) in [6.07, 6.45) is 0.0106. The second-order valence-corrected chi connectivity index (χ2v) is 9.39. The summed E-state index contributed by atoms with van der Waals surface area (Å²) < 4.78 is 29.6. The van der Waals surface area contributed by atoms with E-state index in [9.17, 15) is 14.0 Å². The van der Waals surface area contributed by atoms with Gasteiger partial charge in [-0.1, -0.05) is 60.7 Å². The summed E-state index contributed by atoms with van der Waals surface area (Å²) in [5, 5.41) is 2.99. The van der Waals surface area contributed by atoms with Gasteiger partial charge in [-0.2, -0.15) is 0 Å². The molecule has 2 amide bonds. The molecule has 0 aliphatic heterocycles. The predicted octanol–water partition coefficient (Wildman–Crippen LogP) is 5.48. The lowest BCUT2D eigenvalue weighted by Gasteiger charge is -2.32. The summed E-state index contributed by atoms with van der Waals surface area (Å²) in [6, 6.07) is 26.8. The highest BCUT2D eigenvalue weighted by molar-refractivity contribution is 5.89. The molecule has 212 valence electrons. The van der Waals surface area contributed by atoms with Gasteiger partial charge in [0.1, 0.15) is 17.6 Å². The van der Waals surface area contributed by atoms with E-state index in [0.29, 0.717) is 33.9 Å². The molecule has 0 aromatic heterocycles. The Bertz CT molecular complexity index is 1440. The van der Waals surface area contributed by atoms with Gasteiger partial charge in [0.05, 0.1) is 27.8 Å². The van der Waals surface area contributed by atoms with Gasteiger partial charge in [-0.3, -0.25) is 9.59 Å². The summed E-state index contributed by atoms with van der Waals surface area (Å²) in [6.45, 7) is 0.363. The Balaban J connectivity index is 1.67. The number of amides is 2. The zero-order chi connectivity index (χ0) is 29.2. The highest BCUT2D eigenvalue weighted by atomic mass is 19.1. The molecule has 4 rings (SSSR count). The third-order valence-corrected chi connectivity index (χ3v) is 6.69. The van der Waals surface area contributed by atoms with Crippen molar-refractivity contribution in [2.45, 2.75) is 25.6 Å². The summed E-state index contributed by atoms with van der Waals surface area (Å²) in [7, 11) is 4.67.